The minimum atomic E-state index is -0.0173. The van der Waals surface area contributed by atoms with Crippen LogP contribution in [0.25, 0.3) is 0 Å². The van der Waals surface area contributed by atoms with Gasteiger partial charge in [-0.05, 0) is 43.2 Å². The number of nitrogens with zero attached hydrogens (tertiary/aromatic N) is 2. The molecule has 2 aliphatic rings. The van der Waals surface area contributed by atoms with Crippen molar-refractivity contribution in [2.45, 2.75) is 18.7 Å². The van der Waals surface area contributed by atoms with Gasteiger partial charge in [0.15, 0.2) is 11.5 Å². The topological polar surface area (TPSA) is 71.1 Å². The van der Waals surface area contributed by atoms with E-state index >= 15 is 0 Å². The van der Waals surface area contributed by atoms with Crippen LogP contribution < -0.4 is 14.8 Å². The van der Waals surface area contributed by atoms with E-state index in [0.717, 1.165) is 33.2 Å². The normalized spacial score (nSPS) is 16.0. The summed E-state index contributed by atoms with van der Waals surface area (Å²) in [6.45, 7) is 8.10. The molecular weight excluding hydrogens is 426 g/mol. The van der Waals surface area contributed by atoms with E-state index in [1.165, 1.54) is 11.8 Å². The second-order valence-electron chi connectivity index (χ2n) is 8.07. The summed E-state index contributed by atoms with van der Waals surface area (Å²) in [5.41, 5.74) is 3.01. The molecule has 2 aliphatic heterocycles. The van der Waals surface area contributed by atoms with Gasteiger partial charge in [0.1, 0.15) is 13.2 Å². The predicted molar refractivity (Wildman–Crippen MR) is 126 cm³/mol. The lowest BCUT2D eigenvalue weighted by atomic mass is 10.1. The van der Waals surface area contributed by atoms with E-state index in [9.17, 15) is 9.59 Å². The zero-order valence-corrected chi connectivity index (χ0v) is 19.4. The molecule has 0 saturated carbocycles. The Morgan fingerprint density at radius 3 is 2.38 bits per heavy atom. The van der Waals surface area contributed by atoms with E-state index in [-0.39, 0.29) is 11.8 Å². The van der Waals surface area contributed by atoms with E-state index in [1.807, 2.05) is 55.1 Å². The molecule has 32 heavy (non-hydrogen) atoms. The predicted octanol–water partition coefficient (Wildman–Crippen LogP) is 2.95. The first-order chi connectivity index (χ1) is 15.5. The second-order valence-corrected chi connectivity index (χ2v) is 9.11. The Labute approximate surface area is 193 Å². The maximum atomic E-state index is 12.7. The van der Waals surface area contributed by atoms with Crippen molar-refractivity contribution in [1.82, 2.24) is 9.80 Å². The molecule has 0 aliphatic carbocycles. The Morgan fingerprint density at radius 1 is 0.969 bits per heavy atom. The van der Waals surface area contributed by atoms with Crippen molar-refractivity contribution in [3.8, 4) is 11.5 Å². The third-order valence-electron chi connectivity index (χ3n) is 5.71. The minimum absolute atomic E-state index is 0.0173. The first-order valence-corrected chi connectivity index (χ1v) is 11.9. The van der Waals surface area contributed by atoms with Crippen LogP contribution in [0, 0.1) is 13.8 Å². The molecule has 0 bridgehead atoms. The lowest BCUT2D eigenvalue weighted by Crippen LogP contribution is -2.50. The van der Waals surface area contributed by atoms with E-state index < -0.39 is 0 Å². The zero-order valence-electron chi connectivity index (χ0n) is 18.6. The number of thioether (sulfide) groups is 1. The van der Waals surface area contributed by atoms with Crippen LogP contribution in [-0.4, -0.2) is 73.3 Å². The summed E-state index contributed by atoms with van der Waals surface area (Å²) in [5.74, 6) is 1.97. The lowest BCUT2D eigenvalue weighted by Gasteiger charge is -2.34. The molecule has 0 aromatic heterocycles. The highest BCUT2D eigenvalue weighted by atomic mass is 32.2. The smallest absolute Gasteiger partial charge is 0.238 e. The maximum absolute atomic E-state index is 12.7. The highest BCUT2D eigenvalue weighted by molar-refractivity contribution is 8.00. The molecule has 2 aromatic rings. The number of carbonyl (C=O) groups excluding carboxylic acids is 2. The van der Waals surface area contributed by atoms with Gasteiger partial charge in [-0.2, -0.15) is 0 Å². The van der Waals surface area contributed by atoms with E-state index in [2.05, 4.69) is 10.2 Å². The van der Waals surface area contributed by atoms with Gasteiger partial charge in [-0.1, -0.05) is 18.2 Å². The largest absolute Gasteiger partial charge is 0.486 e. The number of para-hydroxylation sites is 1. The molecule has 4 rings (SSSR count). The first-order valence-electron chi connectivity index (χ1n) is 10.9. The summed E-state index contributed by atoms with van der Waals surface area (Å²) in [5, 5.41) is 3.04. The highest BCUT2D eigenvalue weighted by Gasteiger charge is 2.23. The van der Waals surface area contributed by atoms with Crippen LogP contribution in [0.3, 0.4) is 0 Å². The summed E-state index contributed by atoms with van der Waals surface area (Å²) in [6.07, 6.45) is 0. The zero-order chi connectivity index (χ0) is 22.5. The molecule has 0 radical (unpaired) electrons. The molecule has 0 spiro atoms. The number of piperazine rings is 1. The molecule has 170 valence electrons. The van der Waals surface area contributed by atoms with Crippen LogP contribution >= 0.6 is 11.8 Å². The van der Waals surface area contributed by atoms with Gasteiger partial charge in [-0.15, -0.1) is 11.8 Å². The minimum Gasteiger partial charge on any atom is -0.486 e. The molecule has 0 unspecified atom stereocenters. The van der Waals surface area contributed by atoms with E-state index in [0.29, 0.717) is 51.7 Å². The Kier molecular flexibility index (Phi) is 7.22. The average molecular weight is 456 g/mol. The standard InChI is InChI=1S/C24H29N3O4S/c1-17-4-3-5-18(2)24(17)25-22(28)15-26-8-10-27(11-9-26)23(29)16-32-19-6-7-20-21(14-19)31-13-12-30-20/h3-7,14H,8-13,15-16H2,1-2H3,(H,25,28). The number of ether oxygens (including phenoxy) is 2. The molecule has 7 nitrogen and oxygen atoms in total. The van der Waals surface area contributed by atoms with Gasteiger partial charge >= 0.3 is 0 Å². The molecule has 0 atom stereocenters. The molecule has 2 aromatic carbocycles. The maximum Gasteiger partial charge on any atom is 0.238 e. The van der Waals surface area contributed by atoms with E-state index in [4.69, 9.17) is 9.47 Å². The van der Waals surface area contributed by atoms with Gasteiger partial charge in [0, 0.05) is 36.8 Å². The van der Waals surface area contributed by atoms with Crippen molar-refractivity contribution in [1.29, 1.82) is 0 Å². The molecule has 2 amide bonds. The third-order valence-corrected chi connectivity index (χ3v) is 6.69. The van der Waals surface area contributed by atoms with Crippen LogP contribution in [0.1, 0.15) is 11.1 Å². The van der Waals surface area contributed by atoms with Crippen LogP contribution in [0.5, 0.6) is 11.5 Å². The number of aryl methyl sites for hydroxylation is 2. The summed E-state index contributed by atoms with van der Waals surface area (Å²) in [4.78, 5) is 30.1. The van der Waals surface area contributed by atoms with Crippen molar-refractivity contribution in [3.63, 3.8) is 0 Å². The number of hydrogen-bond donors (Lipinski definition) is 1. The van der Waals surface area contributed by atoms with Gasteiger partial charge in [-0.25, -0.2) is 0 Å². The fourth-order valence-electron chi connectivity index (χ4n) is 3.90. The summed E-state index contributed by atoms with van der Waals surface area (Å²) >= 11 is 1.51. The second kappa shape index (κ2) is 10.3. The average Bonchev–Trinajstić information content (AvgIpc) is 2.80. The Balaban J connectivity index is 1.21. The summed E-state index contributed by atoms with van der Waals surface area (Å²) in [7, 11) is 0. The third kappa shape index (κ3) is 5.55. The van der Waals surface area contributed by atoms with Crippen molar-refractivity contribution in [2.24, 2.45) is 0 Å². The molecule has 1 N–H and O–H groups in total. The fourth-order valence-corrected chi connectivity index (χ4v) is 4.73. The number of fused-ring (bicyclic) bond motifs is 1. The Morgan fingerprint density at radius 2 is 1.66 bits per heavy atom. The SMILES string of the molecule is Cc1cccc(C)c1NC(=O)CN1CCN(C(=O)CSc2ccc3c(c2)OCCO3)CC1. The van der Waals surface area contributed by atoms with Crippen LogP contribution in [-0.2, 0) is 9.59 Å². The summed E-state index contributed by atoms with van der Waals surface area (Å²) < 4.78 is 11.1. The van der Waals surface area contributed by atoms with Crippen molar-refractivity contribution in [2.75, 3.05) is 57.0 Å². The number of carbonyl (C=O) groups is 2. The fraction of sp³-hybridized carbons (Fsp3) is 0.417. The number of nitrogens with one attached hydrogen (secondary N) is 1. The highest BCUT2D eigenvalue weighted by Crippen LogP contribution is 2.34. The lowest BCUT2D eigenvalue weighted by molar-refractivity contribution is -0.130. The van der Waals surface area contributed by atoms with Gasteiger partial charge in [0.2, 0.25) is 11.8 Å². The first kappa shape index (κ1) is 22.5. The number of anilines is 1. The molecule has 8 heteroatoms. The van der Waals surface area contributed by atoms with Gasteiger partial charge < -0.3 is 19.7 Å². The molecular formula is C24H29N3O4S. The van der Waals surface area contributed by atoms with E-state index in [1.54, 1.807) is 0 Å². The van der Waals surface area contributed by atoms with Crippen LogP contribution in [0.15, 0.2) is 41.3 Å². The monoisotopic (exact) mass is 455 g/mol. The van der Waals surface area contributed by atoms with Crippen LogP contribution in [0.4, 0.5) is 5.69 Å². The van der Waals surface area contributed by atoms with Crippen molar-refractivity contribution < 1.29 is 19.1 Å². The van der Waals surface area contributed by atoms with Crippen LogP contribution in [0.2, 0.25) is 0 Å². The Hall–Kier alpha value is -2.71. The summed E-state index contributed by atoms with van der Waals surface area (Å²) in [6, 6.07) is 11.8. The molecule has 2 heterocycles. The quantitative estimate of drug-likeness (QED) is 0.676. The number of benzene rings is 2. The number of hydrogen-bond acceptors (Lipinski definition) is 6. The van der Waals surface area contributed by atoms with Gasteiger partial charge in [-0.3, -0.25) is 14.5 Å². The van der Waals surface area contributed by atoms with Gasteiger partial charge in [0.25, 0.3) is 0 Å². The number of rotatable bonds is 6. The molecule has 1 fully saturated rings. The Bertz CT molecular complexity index is 969. The van der Waals surface area contributed by atoms with Gasteiger partial charge in [0.05, 0.1) is 12.3 Å². The molecule has 1 saturated heterocycles. The number of amides is 2. The van der Waals surface area contributed by atoms with Crippen molar-refractivity contribution in [3.05, 3.63) is 47.5 Å². The van der Waals surface area contributed by atoms with Crippen molar-refractivity contribution >= 4 is 29.3 Å².